The van der Waals surface area contributed by atoms with Crippen LogP contribution in [0.5, 0.6) is 5.75 Å². The van der Waals surface area contributed by atoms with Gasteiger partial charge in [0.15, 0.2) is 5.11 Å². The molecule has 0 bridgehead atoms. The Morgan fingerprint density at radius 2 is 1.90 bits per heavy atom. The molecule has 1 N–H and O–H groups in total. The summed E-state index contributed by atoms with van der Waals surface area (Å²) in [5, 5.41) is 3.90. The monoisotopic (exact) mass is 328 g/mol. The Morgan fingerprint density at radius 3 is 2.48 bits per heavy atom. The van der Waals surface area contributed by atoms with Gasteiger partial charge in [-0.05, 0) is 56.8 Å². The molecule has 0 spiro atoms. The number of rotatable bonds is 7. The molecule has 21 heavy (non-hydrogen) atoms. The first-order valence-corrected chi connectivity index (χ1v) is 7.82. The van der Waals surface area contributed by atoms with E-state index >= 15 is 0 Å². The summed E-state index contributed by atoms with van der Waals surface area (Å²) in [6.45, 7) is 6.06. The zero-order chi connectivity index (χ0) is 15.7. The number of halogens is 1. The van der Waals surface area contributed by atoms with Gasteiger partial charge in [-0.15, -0.1) is 0 Å². The number of hydrogen-bond donors (Lipinski definition) is 1. The molecule has 0 fully saturated rings. The predicted molar refractivity (Wildman–Crippen MR) is 89.8 cm³/mol. The van der Waals surface area contributed by atoms with Crippen LogP contribution in [0, 0.1) is 0 Å². The topological polar surface area (TPSA) is 41.6 Å². The zero-order valence-corrected chi connectivity index (χ0v) is 14.0. The molecule has 0 saturated heterocycles. The molecule has 1 amide bonds. The first-order chi connectivity index (χ1) is 10.1. The van der Waals surface area contributed by atoms with E-state index in [2.05, 4.69) is 5.32 Å². The van der Waals surface area contributed by atoms with Gasteiger partial charge in [0.1, 0.15) is 5.75 Å². The van der Waals surface area contributed by atoms with Gasteiger partial charge in [0.2, 0.25) is 5.91 Å². The van der Waals surface area contributed by atoms with Gasteiger partial charge in [0.05, 0.1) is 6.61 Å². The van der Waals surface area contributed by atoms with Crippen LogP contribution in [0.2, 0.25) is 5.02 Å². The summed E-state index contributed by atoms with van der Waals surface area (Å²) in [4.78, 5) is 13.7. The number of thiocarbonyl (C=S) groups is 1. The Balaban J connectivity index is 2.21. The lowest BCUT2D eigenvalue weighted by atomic mass is 10.3. The highest BCUT2D eigenvalue weighted by molar-refractivity contribution is 7.80. The minimum atomic E-state index is -0.0772. The summed E-state index contributed by atoms with van der Waals surface area (Å²) in [6, 6.07) is 7.15. The number of nitrogens with zero attached hydrogens (tertiary/aromatic N) is 1. The minimum absolute atomic E-state index is 0.0772. The van der Waals surface area contributed by atoms with E-state index in [4.69, 9.17) is 28.6 Å². The first-order valence-electron chi connectivity index (χ1n) is 7.04. The molecule has 0 aromatic heterocycles. The van der Waals surface area contributed by atoms with Crippen molar-refractivity contribution in [2.45, 2.75) is 26.7 Å². The normalized spacial score (nSPS) is 10.0. The SMILES string of the molecule is CCN(CC)C(=S)NC(=O)CCCOc1ccc(Cl)cc1. The first kappa shape index (κ1) is 17.7. The van der Waals surface area contributed by atoms with Crippen molar-refractivity contribution in [3.63, 3.8) is 0 Å². The molecule has 0 radical (unpaired) electrons. The number of ether oxygens (including phenoxy) is 1. The lowest BCUT2D eigenvalue weighted by Crippen LogP contribution is -2.42. The fraction of sp³-hybridized carbons (Fsp3) is 0.467. The number of hydrogen-bond acceptors (Lipinski definition) is 3. The highest BCUT2D eigenvalue weighted by atomic mass is 35.5. The second-order valence-electron chi connectivity index (χ2n) is 4.43. The smallest absolute Gasteiger partial charge is 0.226 e. The molecular formula is C15H21ClN2O2S. The fourth-order valence-corrected chi connectivity index (χ4v) is 2.22. The number of carbonyl (C=O) groups is 1. The summed E-state index contributed by atoms with van der Waals surface area (Å²) in [5.74, 6) is 0.671. The third-order valence-electron chi connectivity index (χ3n) is 2.93. The molecule has 1 aromatic rings. The van der Waals surface area contributed by atoms with Crippen molar-refractivity contribution in [1.29, 1.82) is 0 Å². The van der Waals surface area contributed by atoms with Crippen molar-refractivity contribution in [3.8, 4) is 5.75 Å². The van der Waals surface area contributed by atoms with E-state index in [1.165, 1.54) is 0 Å². The van der Waals surface area contributed by atoms with Crippen molar-refractivity contribution in [3.05, 3.63) is 29.3 Å². The molecule has 6 heteroatoms. The largest absolute Gasteiger partial charge is 0.494 e. The van der Waals surface area contributed by atoms with Crippen LogP contribution in [0.4, 0.5) is 0 Å². The van der Waals surface area contributed by atoms with Gasteiger partial charge < -0.3 is 15.0 Å². The van der Waals surface area contributed by atoms with Crippen molar-refractivity contribution >= 4 is 34.8 Å². The van der Waals surface area contributed by atoms with E-state index < -0.39 is 0 Å². The molecule has 0 aliphatic carbocycles. The van der Waals surface area contributed by atoms with Gasteiger partial charge in [0, 0.05) is 24.5 Å². The highest BCUT2D eigenvalue weighted by Gasteiger charge is 2.09. The van der Waals surface area contributed by atoms with Gasteiger partial charge in [0.25, 0.3) is 0 Å². The number of carbonyl (C=O) groups excluding carboxylic acids is 1. The second kappa shape index (κ2) is 9.58. The molecule has 0 aliphatic heterocycles. The van der Waals surface area contributed by atoms with Crippen LogP contribution in [0.25, 0.3) is 0 Å². The predicted octanol–water partition coefficient (Wildman–Crippen LogP) is 3.24. The molecule has 116 valence electrons. The Hall–Kier alpha value is -1.33. The molecule has 0 aliphatic rings. The number of amides is 1. The summed E-state index contributed by atoms with van der Waals surface area (Å²) in [5.41, 5.74) is 0. The second-order valence-corrected chi connectivity index (χ2v) is 5.25. The van der Waals surface area contributed by atoms with Crippen LogP contribution in [0.1, 0.15) is 26.7 Å². The van der Waals surface area contributed by atoms with Crippen molar-refractivity contribution < 1.29 is 9.53 Å². The Labute approximate surface area is 136 Å². The van der Waals surface area contributed by atoms with Gasteiger partial charge in [-0.25, -0.2) is 0 Å². The number of nitrogens with one attached hydrogen (secondary N) is 1. The maximum absolute atomic E-state index is 11.7. The quantitative estimate of drug-likeness (QED) is 0.616. The molecular weight excluding hydrogens is 308 g/mol. The third-order valence-corrected chi connectivity index (χ3v) is 3.54. The van der Waals surface area contributed by atoms with Crippen LogP contribution >= 0.6 is 23.8 Å². The molecule has 1 aromatic carbocycles. The minimum Gasteiger partial charge on any atom is -0.494 e. The average molecular weight is 329 g/mol. The molecule has 0 unspecified atom stereocenters. The van der Waals surface area contributed by atoms with E-state index in [9.17, 15) is 4.79 Å². The molecule has 1 rings (SSSR count). The van der Waals surface area contributed by atoms with Crippen molar-refractivity contribution in [2.75, 3.05) is 19.7 Å². The van der Waals surface area contributed by atoms with Crippen LogP contribution in [0.3, 0.4) is 0 Å². The van der Waals surface area contributed by atoms with E-state index in [-0.39, 0.29) is 5.91 Å². The summed E-state index contributed by atoms with van der Waals surface area (Å²) >= 11 is 11.0. The molecule has 0 atom stereocenters. The van der Waals surface area contributed by atoms with E-state index in [1.807, 2.05) is 18.7 Å². The lowest BCUT2D eigenvalue weighted by molar-refractivity contribution is -0.120. The van der Waals surface area contributed by atoms with E-state index in [0.29, 0.717) is 29.6 Å². The zero-order valence-electron chi connectivity index (χ0n) is 12.4. The van der Waals surface area contributed by atoms with Crippen LogP contribution in [-0.2, 0) is 4.79 Å². The summed E-state index contributed by atoms with van der Waals surface area (Å²) in [7, 11) is 0. The number of benzene rings is 1. The van der Waals surface area contributed by atoms with Gasteiger partial charge in [-0.2, -0.15) is 0 Å². The fourth-order valence-electron chi connectivity index (χ4n) is 1.73. The summed E-state index contributed by atoms with van der Waals surface area (Å²) in [6.07, 6.45) is 1.02. The van der Waals surface area contributed by atoms with Crippen molar-refractivity contribution in [1.82, 2.24) is 10.2 Å². The molecule has 0 saturated carbocycles. The maximum atomic E-state index is 11.7. The summed E-state index contributed by atoms with van der Waals surface area (Å²) < 4.78 is 5.52. The maximum Gasteiger partial charge on any atom is 0.226 e. The Kier molecular flexibility index (Phi) is 8.08. The Bertz CT molecular complexity index is 461. The van der Waals surface area contributed by atoms with E-state index in [0.717, 1.165) is 18.8 Å². The lowest BCUT2D eigenvalue weighted by Gasteiger charge is -2.21. The van der Waals surface area contributed by atoms with E-state index in [1.54, 1.807) is 24.3 Å². The highest BCUT2D eigenvalue weighted by Crippen LogP contribution is 2.15. The van der Waals surface area contributed by atoms with Crippen LogP contribution in [-0.4, -0.2) is 35.6 Å². The molecule has 0 heterocycles. The third kappa shape index (κ3) is 6.78. The van der Waals surface area contributed by atoms with Gasteiger partial charge >= 0.3 is 0 Å². The van der Waals surface area contributed by atoms with Crippen LogP contribution < -0.4 is 10.1 Å². The van der Waals surface area contributed by atoms with Crippen molar-refractivity contribution in [2.24, 2.45) is 0 Å². The average Bonchev–Trinajstić information content (AvgIpc) is 2.46. The molecule has 4 nitrogen and oxygen atoms in total. The van der Waals surface area contributed by atoms with Gasteiger partial charge in [-0.3, -0.25) is 4.79 Å². The van der Waals surface area contributed by atoms with Gasteiger partial charge in [-0.1, -0.05) is 11.6 Å². The Morgan fingerprint density at radius 1 is 1.29 bits per heavy atom. The van der Waals surface area contributed by atoms with Crippen LogP contribution in [0.15, 0.2) is 24.3 Å². The standard InChI is InChI=1S/C15H21ClN2O2S/c1-3-18(4-2)15(21)17-14(19)6-5-11-20-13-9-7-12(16)8-10-13/h7-10H,3-6,11H2,1-2H3,(H,17,19,21).